The van der Waals surface area contributed by atoms with Gasteiger partial charge in [0.25, 0.3) is 5.91 Å². The molecule has 0 unspecified atom stereocenters. The number of esters is 1. The van der Waals surface area contributed by atoms with Crippen LogP contribution < -0.4 is 26.6 Å². The molecule has 2 atom stereocenters. The highest BCUT2D eigenvalue weighted by Crippen LogP contribution is 2.43. The van der Waals surface area contributed by atoms with E-state index in [2.05, 4.69) is 46.9 Å². The third-order valence-corrected chi connectivity index (χ3v) is 9.89. The maximum Gasteiger partial charge on any atom is 0.413 e. The molecule has 2 fully saturated rings. The summed E-state index contributed by atoms with van der Waals surface area (Å²) in [5, 5.41) is 28.5. The van der Waals surface area contributed by atoms with Crippen LogP contribution in [0.25, 0.3) is 0 Å². The zero-order chi connectivity index (χ0) is 44.5. The fourth-order valence-electron chi connectivity index (χ4n) is 5.99. The van der Waals surface area contributed by atoms with Gasteiger partial charge in [-0.05, 0) is 65.6 Å². The first-order chi connectivity index (χ1) is 29.5. The zero-order valence-corrected chi connectivity index (χ0v) is 36.2. The van der Waals surface area contributed by atoms with Gasteiger partial charge in [-0.2, -0.15) is 15.0 Å². The molecule has 4 amide bonds. The summed E-state index contributed by atoms with van der Waals surface area (Å²) in [6.07, 6.45) is 0.843. The normalized spacial score (nSPS) is 17.0. The van der Waals surface area contributed by atoms with Crippen LogP contribution in [0.1, 0.15) is 89.4 Å². The Morgan fingerprint density at radius 3 is 2.19 bits per heavy atom. The molecule has 20 heteroatoms. The number of hydrogen-bond acceptors (Lipinski definition) is 15. The lowest BCUT2D eigenvalue weighted by Crippen LogP contribution is -2.70. The molecule has 0 spiro atoms. The maximum atomic E-state index is 14.0. The molecule has 1 saturated heterocycles. The van der Waals surface area contributed by atoms with Gasteiger partial charge in [0.15, 0.2) is 16.9 Å². The Morgan fingerprint density at radius 2 is 1.58 bits per heavy atom. The highest BCUT2D eigenvalue weighted by Gasteiger charge is 2.56. The molecule has 6 rings (SSSR count). The van der Waals surface area contributed by atoms with Crippen LogP contribution in [0, 0.1) is 0 Å². The molecule has 3 heterocycles. The summed E-state index contributed by atoms with van der Waals surface area (Å²) in [6.45, 7) is 12.1. The quantitative estimate of drug-likeness (QED) is 0.0234. The Hall–Kier alpha value is -6.41. The Labute approximate surface area is 362 Å². The van der Waals surface area contributed by atoms with Crippen molar-refractivity contribution in [3.8, 4) is 0 Å². The molecule has 1 saturated carbocycles. The van der Waals surface area contributed by atoms with E-state index in [1.807, 2.05) is 60.7 Å². The average molecular weight is 873 g/mol. The molecule has 5 N–H and O–H groups in total. The average Bonchev–Trinajstić information content (AvgIpc) is 3.64. The number of nitrogens with one attached hydrogen (secondary N) is 5. The standard InChI is InChI=1S/C42H52N10O9S/c1-40(2,3)59-38(56)44-21-13-20-43-22-28-23-45-52(50-28)24-29-31(34(53)46-29)48-35(54)32(30-25-62-37(47-30)49-39(57)60-41(4,5)6)51-61-42(18-19-42)36(55)58-33(26-14-9-7-10-15-26)27-16-11-8-12-17-27/h7-12,14-17,23,25,29,31,33,43H,13,18-22,24H2,1-6H3,(H,44,56)(H,46,53)(H,48,54)(H,47,49,57)/t29-,31-/m0/s1. The number of rotatable bonds is 18. The molecular weight excluding hydrogens is 821 g/mol. The number of carbonyl (C=O) groups excluding carboxylic acids is 5. The van der Waals surface area contributed by atoms with E-state index < -0.39 is 65.0 Å². The molecule has 1 aliphatic heterocycles. The molecule has 0 bridgehead atoms. The molecule has 2 aromatic heterocycles. The van der Waals surface area contributed by atoms with E-state index in [9.17, 15) is 24.0 Å². The van der Waals surface area contributed by atoms with Gasteiger partial charge >= 0.3 is 18.2 Å². The van der Waals surface area contributed by atoms with E-state index in [4.69, 9.17) is 19.0 Å². The molecular formula is C42H52N10O9S. The van der Waals surface area contributed by atoms with Crippen molar-refractivity contribution < 1.29 is 43.0 Å². The number of β-lactam (4-membered cyclic amide) rings is 1. The molecule has 4 aromatic rings. The number of alkyl carbamates (subject to hydrolysis) is 1. The van der Waals surface area contributed by atoms with Crippen molar-refractivity contribution in [3.05, 3.63) is 94.8 Å². The lowest BCUT2D eigenvalue weighted by Gasteiger charge is -2.36. The number of oxime groups is 1. The third kappa shape index (κ3) is 12.8. The van der Waals surface area contributed by atoms with Crippen LogP contribution in [-0.2, 0) is 46.5 Å². The van der Waals surface area contributed by atoms with Crippen molar-refractivity contribution in [2.24, 2.45) is 5.16 Å². The van der Waals surface area contributed by atoms with Crippen LogP contribution in [0.15, 0.2) is 77.4 Å². The van der Waals surface area contributed by atoms with E-state index >= 15 is 0 Å². The van der Waals surface area contributed by atoms with Gasteiger partial charge in [0.2, 0.25) is 11.5 Å². The van der Waals surface area contributed by atoms with Gasteiger partial charge in [-0.15, -0.1) is 11.3 Å². The summed E-state index contributed by atoms with van der Waals surface area (Å²) in [5.74, 6) is -1.93. The van der Waals surface area contributed by atoms with Gasteiger partial charge in [-0.1, -0.05) is 65.8 Å². The minimum atomic E-state index is -1.48. The van der Waals surface area contributed by atoms with Crippen LogP contribution >= 0.6 is 11.3 Å². The van der Waals surface area contributed by atoms with E-state index in [-0.39, 0.29) is 35.9 Å². The summed E-state index contributed by atoms with van der Waals surface area (Å²) >= 11 is 1.01. The summed E-state index contributed by atoms with van der Waals surface area (Å²) < 4.78 is 16.6. The van der Waals surface area contributed by atoms with E-state index in [1.165, 1.54) is 10.2 Å². The molecule has 2 aliphatic rings. The van der Waals surface area contributed by atoms with Crippen molar-refractivity contribution in [1.29, 1.82) is 0 Å². The van der Waals surface area contributed by atoms with Gasteiger partial charge in [0.1, 0.15) is 22.9 Å². The first-order valence-electron chi connectivity index (χ1n) is 20.2. The summed E-state index contributed by atoms with van der Waals surface area (Å²) in [4.78, 5) is 76.7. The number of nitrogens with zero attached hydrogens (tertiary/aromatic N) is 5. The minimum absolute atomic E-state index is 0.0111. The number of anilines is 1. The van der Waals surface area contributed by atoms with Gasteiger partial charge in [-0.3, -0.25) is 14.9 Å². The Kier molecular flexibility index (Phi) is 14.2. The molecule has 2 aromatic carbocycles. The van der Waals surface area contributed by atoms with Gasteiger partial charge in [0.05, 0.1) is 24.5 Å². The second kappa shape index (κ2) is 19.5. The minimum Gasteiger partial charge on any atom is -0.450 e. The van der Waals surface area contributed by atoms with E-state index in [0.717, 1.165) is 22.5 Å². The SMILES string of the molecule is CC(C)(C)OC(=O)NCCCNCc1cnn(C[C@@H]2NC(=O)[C@H]2NC(=O)C(=NOC2(C(=O)OC(c3ccccc3)c3ccccc3)CC2)c2csc(NC(=O)OC(C)(C)C)n2)n1. The Bertz CT molecular complexity index is 2190. The van der Waals surface area contributed by atoms with Gasteiger partial charge in [-0.25, -0.2) is 19.4 Å². The maximum absolute atomic E-state index is 14.0. The monoisotopic (exact) mass is 872 g/mol. The van der Waals surface area contributed by atoms with Crippen molar-refractivity contribution in [2.45, 2.75) is 109 Å². The van der Waals surface area contributed by atoms with Crippen LogP contribution in [0.5, 0.6) is 0 Å². The number of benzene rings is 2. The highest BCUT2D eigenvalue weighted by atomic mass is 32.1. The highest BCUT2D eigenvalue weighted by molar-refractivity contribution is 7.14. The lowest BCUT2D eigenvalue weighted by atomic mass is 9.98. The first kappa shape index (κ1) is 45.1. The third-order valence-electron chi connectivity index (χ3n) is 9.13. The zero-order valence-electron chi connectivity index (χ0n) is 35.4. The Balaban J connectivity index is 1.11. The van der Waals surface area contributed by atoms with Crippen LogP contribution in [0.4, 0.5) is 14.7 Å². The second-order valence-corrected chi connectivity index (χ2v) is 17.6. The van der Waals surface area contributed by atoms with Crippen molar-refractivity contribution in [2.75, 3.05) is 18.4 Å². The van der Waals surface area contributed by atoms with Crippen molar-refractivity contribution in [1.82, 2.24) is 41.2 Å². The number of thiazole rings is 1. The van der Waals surface area contributed by atoms with Gasteiger partial charge < -0.3 is 40.3 Å². The molecule has 62 heavy (non-hydrogen) atoms. The molecule has 0 radical (unpaired) electrons. The van der Waals surface area contributed by atoms with Crippen molar-refractivity contribution in [3.63, 3.8) is 0 Å². The largest absolute Gasteiger partial charge is 0.450 e. The summed E-state index contributed by atoms with van der Waals surface area (Å²) in [7, 11) is 0. The fourth-order valence-corrected chi connectivity index (χ4v) is 6.68. The van der Waals surface area contributed by atoms with E-state index in [1.54, 1.807) is 47.7 Å². The Morgan fingerprint density at radius 1 is 0.935 bits per heavy atom. The number of aromatic nitrogens is 4. The van der Waals surface area contributed by atoms with E-state index in [0.29, 0.717) is 31.7 Å². The predicted molar refractivity (Wildman–Crippen MR) is 227 cm³/mol. The number of hydrogen-bond donors (Lipinski definition) is 5. The number of carbonyl (C=O) groups is 5. The molecule has 1 aliphatic carbocycles. The van der Waals surface area contributed by atoms with Crippen molar-refractivity contribution >= 4 is 52.2 Å². The summed E-state index contributed by atoms with van der Waals surface area (Å²) in [6, 6.07) is 17.0. The van der Waals surface area contributed by atoms with Crippen LogP contribution in [-0.4, -0.2) is 97.6 Å². The predicted octanol–water partition coefficient (Wildman–Crippen LogP) is 4.36. The second-order valence-electron chi connectivity index (χ2n) is 16.7. The topological polar surface area (TPSA) is 238 Å². The fraction of sp³-hybridized carbons (Fsp3) is 0.452. The van der Waals surface area contributed by atoms with Crippen LogP contribution in [0.3, 0.4) is 0 Å². The molecule has 330 valence electrons. The first-order valence-corrected chi connectivity index (χ1v) is 21.1. The lowest BCUT2D eigenvalue weighted by molar-refractivity contribution is -0.164. The smallest absolute Gasteiger partial charge is 0.413 e. The van der Waals surface area contributed by atoms with Crippen LogP contribution in [0.2, 0.25) is 0 Å². The summed E-state index contributed by atoms with van der Waals surface area (Å²) in [5.41, 5.74) is -0.993. The van der Waals surface area contributed by atoms with Gasteiger partial charge in [0, 0.05) is 31.3 Å². The number of amides is 4. The molecule has 19 nitrogen and oxygen atoms in total. The number of ether oxygens (including phenoxy) is 3.